The number of hydrogen-bond donors (Lipinski definition) is 4. The van der Waals surface area contributed by atoms with E-state index in [9.17, 15) is 5.11 Å². The maximum absolute atomic E-state index is 9.79. The van der Waals surface area contributed by atoms with Gasteiger partial charge in [0.25, 0.3) is 0 Å². The summed E-state index contributed by atoms with van der Waals surface area (Å²) in [6.45, 7) is -0.945. The summed E-state index contributed by atoms with van der Waals surface area (Å²) in [7, 11) is 0. The van der Waals surface area contributed by atoms with Crippen LogP contribution in [0.1, 0.15) is 11.7 Å². The van der Waals surface area contributed by atoms with Crippen LogP contribution in [0.5, 0.6) is 0 Å². The second-order valence-electron chi connectivity index (χ2n) is 3.36. The van der Waals surface area contributed by atoms with Crippen molar-refractivity contribution in [1.29, 1.82) is 0 Å². The topological polar surface area (TPSA) is 86.7 Å². The number of aliphatic hydroxyl groups excluding tert-OH is 3. The molecule has 0 saturated heterocycles. The molecule has 5 N–H and O–H groups in total. The fraction of sp³-hybridized carbons (Fsp3) is 0.400. The lowest BCUT2D eigenvalue weighted by atomic mass is 9.90. The van der Waals surface area contributed by atoms with Gasteiger partial charge in [-0.05, 0) is 5.56 Å². The summed E-state index contributed by atoms with van der Waals surface area (Å²) in [5, 5.41) is 27.7. The molecule has 0 aliphatic carbocycles. The number of aliphatic hydroxyl groups is 3. The summed E-state index contributed by atoms with van der Waals surface area (Å²) in [5.74, 6) is 0. The highest BCUT2D eigenvalue weighted by atomic mass is 16.3. The van der Waals surface area contributed by atoms with Crippen molar-refractivity contribution in [1.82, 2.24) is 0 Å². The van der Waals surface area contributed by atoms with Gasteiger partial charge in [-0.2, -0.15) is 0 Å². The van der Waals surface area contributed by atoms with E-state index < -0.39 is 24.9 Å². The van der Waals surface area contributed by atoms with E-state index in [1.54, 1.807) is 24.3 Å². The molecule has 0 aliphatic rings. The number of rotatable bonds is 4. The monoisotopic (exact) mass is 197 g/mol. The maximum atomic E-state index is 9.79. The zero-order valence-electron chi connectivity index (χ0n) is 7.80. The number of nitrogens with two attached hydrogens (primary N) is 1. The van der Waals surface area contributed by atoms with E-state index in [4.69, 9.17) is 15.9 Å². The minimum atomic E-state index is -1.39. The molecule has 1 unspecified atom stereocenters. The van der Waals surface area contributed by atoms with Gasteiger partial charge in [-0.15, -0.1) is 0 Å². The van der Waals surface area contributed by atoms with Crippen molar-refractivity contribution in [3.05, 3.63) is 35.9 Å². The van der Waals surface area contributed by atoms with Gasteiger partial charge in [0.1, 0.15) is 6.10 Å². The van der Waals surface area contributed by atoms with Crippen molar-refractivity contribution >= 4 is 0 Å². The Balaban J connectivity index is 2.89. The van der Waals surface area contributed by atoms with Crippen molar-refractivity contribution in [2.24, 2.45) is 5.73 Å². The molecular formula is C10H15NO3. The lowest BCUT2D eigenvalue weighted by Gasteiger charge is -2.30. The minimum Gasteiger partial charge on any atom is -0.394 e. The number of hydrogen-bond acceptors (Lipinski definition) is 4. The van der Waals surface area contributed by atoms with E-state index in [0.29, 0.717) is 5.56 Å². The third-order valence-electron chi connectivity index (χ3n) is 2.25. The Morgan fingerprint density at radius 1 is 1.14 bits per heavy atom. The molecule has 1 atom stereocenters. The van der Waals surface area contributed by atoms with E-state index in [1.165, 1.54) is 0 Å². The first kappa shape index (κ1) is 11.1. The Morgan fingerprint density at radius 3 is 2.07 bits per heavy atom. The van der Waals surface area contributed by atoms with Gasteiger partial charge in [0, 0.05) is 0 Å². The summed E-state index contributed by atoms with van der Waals surface area (Å²) in [6, 6.07) is 8.71. The Labute approximate surface area is 82.6 Å². The van der Waals surface area contributed by atoms with Gasteiger partial charge < -0.3 is 21.1 Å². The molecule has 0 amide bonds. The molecule has 1 aromatic carbocycles. The molecule has 0 radical (unpaired) electrons. The first-order valence-electron chi connectivity index (χ1n) is 4.37. The quantitative estimate of drug-likeness (QED) is 0.519. The molecule has 1 rings (SSSR count). The van der Waals surface area contributed by atoms with Crippen LogP contribution in [-0.4, -0.2) is 34.1 Å². The molecule has 1 aromatic rings. The van der Waals surface area contributed by atoms with Crippen LogP contribution in [-0.2, 0) is 0 Å². The highest BCUT2D eigenvalue weighted by molar-refractivity contribution is 5.21. The summed E-state index contributed by atoms with van der Waals surface area (Å²) in [4.78, 5) is 0. The normalized spacial score (nSPS) is 14.0. The summed E-state index contributed by atoms with van der Waals surface area (Å²) in [5.41, 5.74) is 4.82. The largest absolute Gasteiger partial charge is 0.394 e. The molecule has 0 spiro atoms. The van der Waals surface area contributed by atoms with Crippen molar-refractivity contribution in [2.45, 2.75) is 11.6 Å². The van der Waals surface area contributed by atoms with Crippen LogP contribution < -0.4 is 5.73 Å². The molecule has 0 bridgehead atoms. The van der Waals surface area contributed by atoms with E-state index in [2.05, 4.69) is 0 Å². The van der Waals surface area contributed by atoms with Crippen LogP contribution in [0.15, 0.2) is 30.3 Å². The third kappa shape index (κ3) is 2.10. The van der Waals surface area contributed by atoms with Crippen molar-refractivity contribution < 1.29 is 15.3 Å². The Morgan fingerprint density at radius 2 is 1.64 bits per heavy atom. The average Bonchev–Trinajstić information content (AvgIpc) is 2.28. The minimum absolute atomic E-state index is 0.473. The van der Waals surface area contributed by atoms with Crippen LogP contribution in [0.3, 0.4) is 0 Å². The summed E-state index contributed by atoms with van der Waals surface area (Å²) >= 11 is 0. The molecule has 0 fully saturated rings. The summed E-state index contributed by atoms with van der Waals surface area (Å²) in [6.07, 6.45) is -1.07. The highest BCUT2D eigenvalue weighted by Crippen LogP contribution is 2.22. The van der Waals surface area contributed by atoms with Crippen molar-refractivity contribution in [2.75, 3.05) is 13.2 Å². The molecule has 4 heteroatoms. The first-order valence-corrected chi connectivity index (χ1v) is 4.37. The molecule has 0 heterocycles. The van der Waals surface area contributed by atoms with E-state index in [1.807, 2.05) is 6.07 Å². The zero-order chi connectivity index (χ0) is 10.6. The molecule has 0 aromatic heterocycles. The van der Waals surface area contributed by atoms with Crippen molar-refractivity contribution in [3.63, 3.8) is 0 Å². The lowest BCUT2D eigenvalue weighted by molar-refractivity contribution is 0.00655. The fourth-order valence-corrected chi connectivity index (χ4v) is 1.19. The van der Waals surface area contributed by atoms with Gasteiger partial charge in [0.15, 0.2) is 0 Å². The maximum Gasteiger partial charge on any atom is 0.101 e. The smallest absolute Gasteiger partial charge is 0.101 e. The standard InChI is InChI=1S/C10H15NO3/c11-10(6-12,7-13)9(14)8-4-2-1-3-5-8/h1-5,9,12-14H,6-7,11H2. The average molecular weight is 197 g/mol. The molecule has 14 heavy (non-hydrogen) atoms. The molecular weight excluding hydrogens is 182 g/mol. The van der Waals surface area contributed by atoms with Gasteiger partial charge >= 0.3 is 0 Å². The van der Waals surface area contributed by atoms with Gasteiger partial charge in [-0.25, -0.2) is 0 Å². The van der Waals surface area contributed by atoms with Gasteiger partial charge in [-0.1, -0.05) is 30.3 Å². The molecule has 4 nitrogen and oxygen atoms in total. The predicted molar refractivity (Wildman–Crippen MR) is 52.5 cm³/mol. The first-order chi connectivity index (χ1) is 6.64. The summed E-state index contributed by atoms with van der Waals surface area (Å²) < 4.78 is 0. The fourth-order valence-electron chi connectivity index (χ4n) is 1.19. The van der Waals surface area contributed by atoms with Crippen LogP contribution >= 0.6 is 0 Å². The third-order valence-corrected chi connectivity index (χ3v) is 2.25. The second-order valence-corrected chi connectivity index (χ2v) is 3.36. The second kappa shape index (κ2) is 4.52. The molecule has 78 valence electrons. The van der Waals surface area contributed by atoms with E-state index >= 15 is 0 Å². The molecule has 0 saturated carbocycles. The van der Waals surface area contributed by atoms with E-state index in [-0.39, 0.29) is 0 Å². The Hall–Kier alpha value is -0.940. The van der Waals surface area contributed by atoms with Gasteiger partial charge in [0.2, 0.25) is 0 Å². The van der Waals surface area contributed by atoms with Crippen LogP contribution in [0.2, 0.25) is 0 Å². The highest BCUT2D eigenvalue weighted by Gasteiger charge is 2.33. The van der Waals surface area contributed by atoms with Gasteiger partial charge in [0.05, 0.1) is 18.8 Å². The lowest BCUT2D eigenvalue weighted by Crippen LogP contribution is -2.52. The van der Waals surface area contributed by atoms with E-state index in [0.717, 1.165) is 0 Å². The molecule has 0 aliphatic heterocycles. The Kier molecular flexibility index (Phi) is 3.60. The van der Waals surface area contributed by atoms with Crippen LogP contribution in [0.25, 0.3) is 0 Å². The number of benzene rings is 1. The zero-order valence-corrected chi connectivity index (χ0v) is 7.80. The van der Waals surface area contributed by atoms with Crippen LogP contribution in [0, 0.1) is 0 Å². The Bertz CT molecular complexity index is 272. The predicted octanol–water partition coefficient (Wildman–Crippen LogP) is -0.598. The van der Waals surface area contributed by atoms with Crippen LogP contribution in [0.4, 0.5) is 0 Å². The SMILES string of the molecule is NC(CO)(CO)C(O)c1ccccc1. The van der Waals surface area contributed by atoms with Gasteiger partial charge in [-0.3, -0.25) is 0 Å². The van der Waals surface area contributed by atoms with Crippen molar-refractivity contribution in [3.8, 4) is 0 Å².